The average Bonchev–Trinajstić information content (AvgIpc) is 2.11. The number of nitrogens with two attached hydrogens (primary N) is 1. The van der Waals surface area contributed by atoms with Gasteiger partial charge in [-0.1, -0.05) is 19.3 Å². The van der Waals surface area contributed by atoms with E-state index in [1.54, 1.807) is 0 Å². The third-order valence-electron chi connectivity index (χ3n) is 1.72. The molecule has 0 atom stereocenters. The van der Waals surface area contributed by atoms with Crippen molar-refractivity contribution < 1.29 is 9.63 Å². The van der Waals surface area contributed by atoms with Gasteiger partial charge in [-0.25, -0.2) is 4.79 Å². The van der Waals surface area contributed by atoms with Crippen molar-refractivity contribution in [1.29, 1.82) is 0 Å². The van der Waals surface area contributed by atoms with Gasteiger partial charge < -0.3 is 5.73 Å². The maximum absolute atomic E-state index is 10.6. The molecule has 0 spiro atoms. The van der Waals surface area contributed by atoms with Crippen LogP contribution in [0.5, 0.6) is 0 Å². The Morgan fingerprint density at radius 1 is 1.15 bits per heavy atom. The molecule has 0 radical (unpaired) electrons. The summed E-state index contributed by atoms with van der Waals surface area (Å²) in [6.07, 6.45) is 5.18. The van der Waals surface area contributed by atoms with Crippen LogP contribution >= 0.6 is 0 Å². The van der Waals surface area contributed by atoms with Crippen molar-refractivity contribution in [2.24, 2.45) is 11.1 Å². The fourth-order valence-corrected chi connectivity index (χ4v) is 1.03. The molecule has 0 bridgehead atoms. The van der Waals surface area contributed by atoms with E-state index in [4.69, 9.17) is 5.73 Å². The van der Waals surface area contributed by atoms with Crippen molar-refractivity contribution in [1.82, 2.24) is 0 Å². The van der Waals surface area contributed by atoms with Gasteiger partial charge in [-0.15, -0.1) is 4.91 Å². The molecular weight excluding hydrogens is 172 g/mol. The van der Waals surface area contributed by atoms with Crippen LogP contribution < -0.4 is 5.73 Å². The quantitative estimate of drug-likeness (QED) is 0.355. The SMILES string of the molecule is NCCCCCCCC(=O)ON=O. The van der Waals surface area contributed by atoms with Crippen LogP contribution in [-0.4, -0.2) is 12.5 Å². The fraction of sp³-hybridized carbons (Fsp3) is 0.875. The topological polar surface area (TPSA) is 81.8 Å². The zero-order valence-corrected chi connectivity index (χ0v) is 7.70. The summed E-state index contributed by atoms with van der Waals surface area (Å²) in [6, 6.07) is 0. The summed E-state index contributed by atoms with van der Waals surface area (Å²) in [4.78, 5) is 24.0. The molecule has 76 valence electrons. The number of nitrogens with zero attached hydrogens (tertiary/aromatic N) is 1. The third kappa shape index (κ3) is 8.94. The van der Waals surface area contributed by atoms with E-state index in [1.807, 2.05) is 5.34 Å². The Bertz CT molecular complexity index is 150. The lowest BCUT2D eigenvalue weighted by molar-refractivity contribution is -0.144. The van der Waals surface area contributed by atoms with Crippen molar-refractivity contribution in [3.63, 3.8) is 0 Å². The van der Waals surface area contributed by atoms with Crippen molar-refractivity contribution in [2.45, 2.75) is 38.5 Å². The van der Waals surface area contributed by atoms with Gasteiger partial charge in [0.05, 0.1) is 0 Å². The van der Waals surface area contributed by atoms with Crippen LogP contribution in [0.3, 0.4) is 0 Å². The van der Waals surface area contributed by atoms with E-state index in [-0.39, 0.29) is 6.42 Å². The summed E-state index contributed by atoms with van der Waals surface area (Å²) in [6.45, 7) is 0.719. The average molecular weight is 188 g/mol. The molecule has 5 heteroatoms. The highest BCUT2D eigenvalue weighted by Crippen LogP contribution is 2.05. The lowest BCUT2D eigenvalue weighted by Crippen LogP contribution is -1.99. The molecule has 0 aliphatic carbocycles. The first-order chi connectivity index (χ1) is 6.31. The van der Waals surface area contributed by atoms with E-state index in [0.29, 0.717) is 0 Å². The molecule has 0 aromatic rings. The summed E-state index contributed by atoms with van der Waals surface area (Å²) in [7, 11) is 0. The molecule has 0 saturated heterocycles. The molecule has 0 aliphatic heterocycles. The van der Waals surface area contributed by atoms with Crippen LogP contribution in [0.25, 0.3) is 0 Å². The van der Waals surface area contributed by atoms with E-state index in [1.165, 1.54) is 0 Å². The minimum absolute atomic E-state index is 0.272. The first-order valence-corrected chi connectivity index (χ1v) is 4.54. The highest BCUT2D eigenvalue weighted by atomic mass is 16.7. The van der Waals surface area contributed by atoms with E-state index < -0.39 is 5.97 Å². The van der Waals surface area contributed by atoms with Gasteiger partial charge in [0.25, 0.3) is 0 Å². The molecule has 0 heterocycles. The van der Waals surface area contributed by atoms with Gasteiger partial charge in [0.2, 0.25) is 0 Å². The van der Waals surface area contributed by atoms with Crippen LogP contribution in [0.15, 0.2) is 5.34 Å². The first kappa shape index (κ1) is 12.0. The van der Waals surface area contributed by atoms with Crippen LogP contribution in [0.1, 0.15) is 38.5 Å². The summed E-state index contributed by atoms with van der Waals surface area (Å²) in [5, 5.41) is 2.05. The predicted octanol–water partition coefficient (Wildman–Crippen LogP) is 1.51. The van der Waals surface area contributed by atoms with Crippen LogP contribution in [0.4, 0.5) is 0 Å². The van der Waals surface area contributed by atoms with E-state index in [0.717, 1.165) is 38.6 Å². The smallest absolute Gasteiger partial charge is 0.330 e. The van der Waals surface area contributed by atoms with Gasteiger partial charge in [0, 0.05) is 6.42 Å². The Balaban J connectivity index is 3.06. The molecule has 2 N–H and O–H groups in total. The van der Waals surface area contributed by atoms with E-state index in [2.05, 4.69) is 4.84 Å². The predicted molar refractivity (Wildman–Crippen MR) is 48.6 cm³/mol. The van der Waals surface area contributed by atoms with Gasteiger partial charge >= 0.3 is 5.97 Å². The minimum atomic E-state index is -0.547. The second-order valence-corrected chi connectivity index (χ2v) is 2.84. The van der Waals surface area contributed by atoms with Crippen molar-refractivity contribution >= 4 is 5.97 Å². The number of carbonyl (C=O) groups is 1. The number of hydrogen-bond acceptors (Lipinski definition) is 5. The molecular formula is C8H16N2O3. The van der Waals surface area contributed by atoms with Crippen molar-refractivity contribution in [3.05, 3.63) is 4.91 Å². The summed E-state index contributed by atoms with van der Waals surface area (Å²) in [5.41, 5.74) is 5.31. The molecule has 13 heavy (non-hydrogen) atoms. The molecule has 0 rings (SSSR count). The number of carbonyl (C=O) groups excluding carboxylic acids is 1. The first-order valence-electron chi connectivity index (χ1n) is 4.54. The Hall–Kier alpha value is -0.970. The lowest BCUT2D eigenvalue weighted by atomic mass is 10.1. The zero-order valence-electron chi connectivity index (χ0n) is 7.70. The maximum Gasteiger partial charge on any atom is 0.338 e. The van der Waals surface area contributed by atoms with Gasteiger partial charge in [0.1, 0.15) is 0 Å². The van der Waals surface area contributed by atoms with Gasteiger partial charge in [-0.05, 0) is 19.4 Å². The molecule has 0 aliphatic rings. The molecule has 0 aromatic heterocycles. The second-order valence-electron chi connectivity index (χ2n) is 2.84. The minimum Gasteiger partial charge on any atom is -0.330 e. The molecule has 0 unspecified atom stereocenters. The Kier molecular flexibility index (Phi) is 8.44. The molecule has 0 amide bonds. The number of rotatable bonds is 8. The number of unbranched alkanes of at least 4 members (excludes halogenated alkanes) is 4. The molecule has 0 saturated carbocycles. The van der Waals surface area contributed by atoms with Crippen molar-refractivity contribution in [3.8, 4) is 0 Å². The highest BCUT2D eigenvalue weighted by molar-refractivity contribution is 5.68. The number of hydrogen-bond donors (Lipinski definition) is 1. The van der Waals surface area contributed by atoms with Gasteiger partial charge in [-0.3, -0.25) is 4.84 Å². The zero-order chi connectivity index (χ0) is 9.94. The largest absolute Gasteiger partial charge is 0.338 e. The highest BCUT2D eigenvalue weighted by Gasteiger charge is 2.01. The standard InChI is InChI=1S/C8H16N2O3/c9-7-5-3-1-2-4-6-8(11)13-10-12/h1-7,9H2. The molecule has 0 fully saturated rings. The van der Waals surface area contributed by atoms with E-state index in [9.17, 15) is 9.70 Å². The lowest BCUT2D eigenvalue weighted by Gasteiger charge is -1.98. The maximum atomic E-state index is 10.6. The van der Waals surface area contributed by atoms with Gasteiger partial charge in [-0.2, -0.15) is 0 Å². The second kappa shape index (κ2) is 9.12. The van der Waals surface area contributed by atoms with Crippen molar-refractivity contribution in [2.75, 3.05) is 6.54 Å². The molecule has 5 nitrogen and oxygen atoms in total. The fourth-order valence-electron chi connectivity index (χ4n) is 1.03. The van der Waals surface area contributed by atoms with Crippen LogP contribution in [-0.2, 0) is 9.63 Å². The normalized spacial score (nSPS) is 9.62. The Labute approximate surface area is 77.6 Å². The van der Waals surface area contributed by atoms with Crippen LogP contribution in [0.2, 0.25) is 0 Å². The summed E-state index contributed by atoms with van der Waals surface area (Å²) in [5.74, 6) is -0.547. The Morgan fingerprint density at radius 2 is 1.77 bits per heavy atom. The molecule has 0 aromatic carbocycles. The third-order valence-corrected chi connectivity index (χ3v) is 1.72. The van der Waals surface area contributed by atoms with Gasteiger partial charge in [0.15, 0.2) is 5.34 Å². The summed E-state index contributed by atoms with van der Waals surface area (Å²) < 4.78 is 0. The van der Waals surface area contributed by atoms with E-state index >= 15 is 0 Å². The Morgan fingerprint density at radius 3 is 2.38 bits per heavy atom. The van der Waals surface area contributed by atoms with Crippen LogP contribution in [0, 0.1) is 4.91 Å². The summed E-state index contributed by atoms with van der Waals surface area (Å²) >= 11 is 0. The monoisotopic (exact) mass is 188 g/mol.